The van der Waals surface area contributed by atoms with Crippen LogP contribution in [-0.2, 0) is 19.1 Å². The smallest absolute Gasteiger partial charge is 0.323 e. The van der Waals surface area contributed by atoms with Crippen LogP contribution in [0.4, 0.5) is 0 Å². The van der Waals surface area contributed by atoms with Gasteiger partial charge >= 0.3 is 5.97 Å². The number of ether oxygens (including phenoxy) is 2. The van der Waals surface area contributed by atoms with Crippen molar-refractivity contribution in [2.75, 3.05) is 33.4 Å². The average molecular weight is 233 g/mol. The molecular formula is C10H19NO5. The van der Waals surface area contributed by atoms with Gasteiger partial charge in [-0.05, 0) is 13.8 Å². The fraction of sp³-hybridized carbons (Fsp3) is 0.800. The highest BCUT2D eigenvalue weighted by molar-refractivity contribution is 5.84. The average Bonchev–Trinajstić information content (AvgIpc) is 2.22. The highest BCUT2D eigenvalue weighted by Crippen LogP contribution is 1.97. The third-order valence-corrected chi connectivity index (χ3v) is 1.90. The van der Waals surface area contributed by atoms with Crippen LogP contribution in [0.15, 0.2) is 0 Å². The van der Waals surface area contributed by atoms with Crippen LogP contribution in [0.5, 0.6) is 0 Å². The van der Waals surface area contributed by atoms with Gasteiger partial charge in [0.05, 0.1) is 13.2 Å². The largest absolute Gasteiger partial charge is 0.480 e. The molecule has 0 aromatic carbocycles. The zero-order valence-electron chi connectivity index (χ0n) is 9.93. The maximum absolute atomic E-state index is 11.5. The lowest BCUT2D eigenvalue weighted by Crippen LogP contribution is -2.39. The van der Waals surface area contributed by atoms with Crippen LogP contribution in [0.1, 0.15) is 13.8 Å². The summed E-state index contributed by atoms with van der Waals surface area (Å²) in [6.45, 7) is 4.49. The molecule has 0 fully saturated rings. The fourth-order valence-electron chi connectivity index (χ4n) is 1.09. The molecular weight excluding hydrogens is 214 g/mol. The molecule has 0 aromatic rings. The molecule has 0 aliphatic carbocycles. The summed E-state index contributed by atoms with van der Waals surface area (Å²) >= 11 is 0. The van der Waals surface area contributed by atoms with Gasteiger partial charge in [-0.3, -0.25) is 9.59 Å². The number of hydrogen-bond donors (Lipinski definition) is 1. The first-order valence-corrected chi connectivity index (χ1v) is 5.15. The van der Waals surface area contributed by atoms with Gasteiger partial charge in [-0.25, -0.2) is 0 Å². The van der Waals surface area contributed by atoms with E-state index in [0.717, 1.165) is 4.90 Å². The van der Waals surface area contributed by atoms with Crippen LogP contribution in [-0.4, -0.2) is 61.4 Å². The number of rotatable bonds is 8. The van der Waals surface area contributed by atoms with Gasteiger partial charge in [-0.2, -0.15) is 0 Å². The Morgan fingerprint density at radius 1 is 1.38 bits per heavy atom. The molecule has 0 radical (unpaired) electrons. The van der Waals surface area contributed by atoms with Crippen molar-refractivity contribution in [3.05, 3.63) is 0 Å². The molecule has 16 heavy (non-hydrogen) atoms. The Hall–Kier alpha value is -1.14. The van der Waals surface area contributed by atoms with Gasteiger partial charge in [0.25, 0.3) is 5.91 Å². The SMILES string of the molecule is CCOCCOC(C)C(=O)N(C)CC(=O)O. The first kappa shape index (κ1) is 14.9. The number of hydrogen-bond acceptors (Lipinski definition) is 4. The van der Waals surface area contributed by atoms with E-state index in [9.17, 15) is 9.59 Å². The predicted octanol–water partition coefficient (Wildman–Crippen LogP) is -0.0290. The third-order valence-electron chi connectivity index (χ3n) is 1.90. The molecule has 0 bridgehead atoms. The fourth-order valence-corrected chi connectivity index (χ4v) is 1.09. The van der Waals surface area contributed by atoms with E-state index >= 15 is 0 Å². The van der Waals surface area contributed by atoms with Crippen LogP contribution in [0.3, 0.4) is 0 Å². The zero-order chi connectivity index (χ0) is 12.6. The molecule has 0 spiro atoms. The van der Waals surface area contributed by atoms with Crippen molar-refractivity contribution in [1.82, 2.24) is 4.90 Å². The summed E-state index contributed by atoms with van der Waals surface area (Å²) in [4.78, 5) is 23.0. The summed E-state index contributed by atoms with van der Waals surface area (Å²) in [5.74, 6) is -1.39. The highest BCUT2D eigenvalue weighted by atomic mass is 16.5. The Balaban J connectivity index is 3.84. The Kier molecular flexibility index (Phi) is 7.49. The van der Waals surface area contributed by atoms with Crippen molar-refractivity contribution in [3.8, 4) is 0 Å². The second-order valence-corrected chi connectivity index (χ2v) is 3.30. The Morgan fingerprint density at radius 2 is 2.00 bits per heavy atom. The molecule has 1 atom stereocenters. The molecule has 1 N–H and O–H groups in total. The zero-order valence-corrected chi connectivity index (χ0v) is 9.93. The molecule has 0 aliphatic rings. The van der Waals surface area contributed by atoms with Crippen molar-refractivity contribution in [3.63, 3.8) is 0 Å². The van der Waals surface area contributed by atoms with Gasteiger partial charge < -0.3 is 19.5 Å². The maximum atomic E-state index is 11.5. The van der Waals surface area contributed by atoms with Crippen molar-refractivity contribution in [2.45, 2.75) is 20.0 Å². The lowest BCUT2D eigenvalue weighted by atomic mass is 10.3. The molecule has 0 aliphatic heterocycles. The van der Waals surface area contributed by atoms with Gasteiger partial charge in [0.1, 0.15) is 12.6 Å². The van der Waals surface area contributed by atoms with E-state index in [4.69, 9.17) is 14.6 Å². The van der Waals surface area contributed by atoms with E-state index < -0.39 is 12.1 Å². The summed E-state index contributed by atoms with van der Waals surface area (Å²) in [6.07, 6.45) is -0.648. The van der Waals surface area contributed by atoms with Crippen LogP contribution in [0, 0.1) is 0 Å². The summed E-state index contributed by atoms with van der Waals surface area (Å²) in [5, 5.41) is 8.51. The van der Waals surface area contributed by atoms with Gasteiger partial charge in [-0.15, -0.1) is 0 Å². The first-order chi connectivity index (χ1) is 7.49. The standard InChI is InChI=1S/C10H19NO5/c1-4-15-5-6-16-8(2)10(14)11(3)7-9(12)13/h8H,4-7H2,1-3H3,(H,12,13). The molecule has 1 unspecified atom stereocenters. The number of nitrogens with zero attached hydrogens (tertiary/aromatic N) is 1. The molecule has 0 heterocycles. The summed E-state index contributed by atoms with van der Waals surface area (Å²) in [7, 11) is 1.43. The number of carboxylic acid groups (broad SMARTS) is 1. The van der Waals surface area contributed by atoms with Gasteiger partial charge in [0.15, 0.2) is 0 Å². The van der Waals surface area contributed by atoms with Gasteiger partial charge in [-0.1, -0.05) is 0 Å². The summed E-state index contributed by atoms with van der Waals surface area (Å²) in [5.41, 5.74) is 0. The summed E-state index contributed by atoms with van der Waals surface area (Å²) < 4.78 is 10.2. The van der Waals surface area contributed by atoms with Gasteiger partial charge in [0.2, 0.25) is 0 Å². The number of carboxylic acids is 1. The van der Waals surface area contributed by atoms with Crippen molar-refractivity contribution < 1.29 is 24.2 Å². The van der Waals surface area contributed by atoms with Crippen molar-refractivity contribution >= 4 is 11.9 Å². The Bertz CT molecular complexity index is 231. The van der Waals surface area contributed by atoms with E-state index in [-0.39, 0.29) is 12.5 Å². The van der Waals surface area contributed by atoms with E-state index in [0.29, 0.717) is 19.8 Å². The van der Waals surface area contributed by atoms with E-state index in [1.165, 1.54) is 7.05 Å². The minimum atomic E-state index is -1.04. The van der Waals surface area contributed by atoms with Gasteiger partial charge in [0, 0.05) is 13.7 Å². The first-order valence-electron chi connectivity index (χ1n) is 5.15. The van der Waals surface area contributed by atoms with E-state index in [1.54, 1.807) is 6.92 Å². The molecule has 6 heteroatoms. The number of aliphatic carboxylic acids is 1. The van der Waals surface area contributed by atoms with E-state index in [2.05, 4.69) is 0 Å². The second-order valence-electron chi connectivity index (χ2n) is 3.30. The molecule has 94 valence electrons. The monoisotopic (exact) mass is 233 g/mol. The van der Waals surface area contributed by atoms with Crippen molar-refractivity contribution in [2.24, 2.45) is 0 Å². The second kappa shape index (κ2) is 8.06. The normalized spacial score (nSPS) is 12.2. The Morgan fingerprint density at radius 3 is 2.50 bits per heavy atom. The number of amides is 1. The maximum Gasteiger partial charge on any atom is 0.323 e. The minimum absolute atomic E-state index is 0.321. The highest BCUT2D eigenvalue weighted by Gasteiger charge is 2.19. The number of carbonyl (C=O) groups excluding carboxylic acids is 1. The molecule has 0 saturated heterocycles. The lowest BCUT2D eigenvalue weighted by molar-refractivity contribution is -0.149. The molecule has 0 aromatic heterocycles. The molecule has 0 saturated carbocycles. The van der Waals surface area contributed by atoms with E-state index in [1.807, 2.05) is 6.92 Å². The molecule has 1 amide bonds. The van der Waals surface area contributed by atoms with Crippen LogP contribution < -0.4 is 0 Å². The molecule has 6 nitrogen and oxygen atoms in total. The van der Waals surface area contributed by atoms with Crippen molar-refractivity contribution in [1.29, 1.82) is 0 Å². The van der Waals surface area contributed by atoms with Crippen LogP contribution in [0.25, 0.3) is 0 Å². The van der Waals surface area contributed by atoms with Crippen LogP contribution in [0.2, 0.25) is 0 Å². The predicted molar refractivity (Wildman–Crippen MR) is 57.2 cm³/mol. The third kappa shape index (κ3) is 6.36. The Labute approximate surface area is 95.1 Å². The lowest BCUT2D eigenvalue weighted by Gasteiger charge is -2.19. The summed E-state index contributed by atoms with van der Waals surface area (Å²) in [6, 6.07) is 0. The topological polar surface area (TPSA) is 76.1 Å². The quantitative estimate of drug-likeness (QED) is 0.596. The number of carbonyl (C=O) groups is 2. The molecule has 0 rings (SSSR count). The minimum Gasteiger partial charge on any atom is -0.480 e. The number of likely N-dealkylation sites (N-methyl/N-ethyl adjacent to an activating group) is 1. The van der Waals surface area contributed by atoms with Crippen LogP contribution >= 0.6 is 0 Å².